The normalized spacial score (nSPS) is 19.4. The molecule has 0 unspecified atom stereocenters. The third-order valence-electron chi connectivity index (χ3n) is 4.70. The van der Waals surface area contributed by atoms with E-state index in [2.05, 4.69) is 0 Å². The summed E-state index contributed by atoms with van der Waals surface area (Å²) in [5.41, 5.74) is 0.934. The predicted molar refractivity (Wildman–Crippen MR) is 95.7 cm³/mol. The van der Waals surface area contributed by atoms with Crippen LogP contribution in [-0.4, -0.2) is 52.8 Å². The number of benzene rings is 1. The van der Waals surface area contributed by atoms with Gasteiger partial charge in [-0.15, -0.1) is 0 Å². The zero-order valence-electron chi connectivity index (χ0n) is 16.7. The van der Waals surface area contributed by atoms with Crippen LogP contribution in [0.15, 0.2) is 18.2 Å². The SMILES string of the molecule is NC(CO)(CO)CO.O=C([O-])CC[C@H]1CC[C@@H](c2cc(C(F)(F)F)cc(C(F)(F)F)c2)O1. The monoisotopic (exact) mass is 476 g/mol. The van der Waals surface area contributed by atoms with Crippen LogP contribution in [-0.2, 0) is 21.9 Å². The van der Waals surface area contributed by atoms with E-state index >= 15 is 0 Å². The van der Waals surface area contributed by atoms with E-state index in [-0.39, 0.29) is 30.9 Å². The third-order valence-corrected chi connectivity index (χ3v) is 4.70. The molecule has 0 spiro atoms. The van der Waals surface area contributed by atoms with Gasteiger partial charge in [0.2, 0.25) is 0 Å². The average Bonchev–Trinajstić information content (AvgIpc) is 3.20. The van der Waals surface area contributed by atoms with Crippen LogP contribution in [0.1, 0.15) is 48.5 Å². The van der Waals surface area contributed by atoms with Crippen molar-refractivity contribution in [3.8, 4) is 0 Å². The van der Waals surface area contributed by atoms with Gasteiger partial charge >= 0.3 is 12.4 Å². The van der Waals surface area contributed by atoms with E-state index in [0.29, 0.717) is 18.6 Å². The second-order valence-corrected chi connectivity index (χ2v) is 7.41. The molecule has 1 aliphatic heterocycles. The number of nitrogens with two attached hydrogens (primary N) is 1. The first-order chi connectivity index (χ1) is 14.6. The summed E-state index contributed by atoms with van der Waals surface area (Å²) in [6.07, 6.45) is -10.9. The molecule has 32 heavy (non-hydrogen) atoms. The maximum Gasteiger partial charge on any atom is 0.416 e. The molecular weight excluding hydrogens is 452 g/mol. The van der Waals surface area contributed by atoms with Gasteiger partial charge in [0.1, 0.15) is 0 Å². The first-order valence-corrected chi connectivity index (χ1v) is 9.41. The maximum atomic E-state index is 12.8. The summed E-state index contributed by atoms with van der Waals surface area (Å²) in [6.45, 7) is -1.21. The molecule has 7 nitrogen and oxygen atoms in total. The third kappa shape index (κ3) is 8.54. The Labute approximate surface area is 179 Å². The van der Waals surface area contributed by atoms with Gasteiger partial charge in [-0.05, 0) is 49.4 Å². The number of rotatable bonds is 7. The van der Waals surface area contributed by atoms with E-state index in [1.807, 2.05) is 0 Å². The summed E-state index contributed by atoms with van der Waals surface area (Å²) in [6, 6.07) is 1.34. The van der Waals surface area contributed by atoms with Crippen molar-refractivity contribution in [2.24, 2.45) is 5.73 Å². The molecule has 0 bridgehead atoms. The number of hydrogen-bond acceptors (Lipinski definition) is 7. The second kappa shape index (κ2) is 11.3. The number of ether oxygens (including phenoxy) is 1. The van der Waals surface area contributed by atoms with E-state index < -0.39 is 67.0 Å². The lowest BCUT2D eigenvalue weighted by Gasteiger charge is -2.20. The highest BCUT2D eigenvalue weighted by molar-refractivity contribution is 5.64. The molecule has 0 amide bonds. The Balaban J connectivity index is 0.000000547. The van der Waals surface area contributed by atoms with Crippen molar-refractivity contribution in [1.29, 1.82) is 0 Å². The quantitative estimate of drug-likeness (QED) is 0.433. The van der Waals surface area contributed by atoms with Gasteiger partial charge in [0, 0.05) is 5.97 Å². The predicted octanol–water partition coefficient (Wildman–Crippen LogP) is 1.14. The van der Waals surface area contributed by atoms with Crippen LogP contribution in [0.2, 0.25) is 0 Å². The number of aliphatic hydroxyl groups is 3. The maximum absolute atomic E-state index is 12.8. The molecule has 0 aromatic heterocycles. The number of aliphatic hydroxyl groups excluding tert-OH is 3. The van der Waals surface area contributed by atoms with Crippen LogP contribution < -0.4 is 10.8 Å². The van der Waals surface area contributed by atoms with Crippen molar-refractivity contribution in [2.75, 3.05) is 19.8 Å². The van der Waals surface area contributed by atoms with Gasteiger partial charge < -0.3 is 35.7 Å². The molecule has 184 valence electrons. The Morgan fingerprint density at radius 2 is 1.44 bits per heavy atom. The molecule has 13 heteroatoms. The molecule has 2 rings (SSSR count). The lowest BCUT2D eigenvalue weighted by Crippen LogP contribution is -2.50. The van der Waals surface area contributed by atoms with Crippen molar-refractivity contribution >= 4 is 5.97 Å². The van der Waals surface area contributed by atoms with Gasteiger partial charge in [0.05, 0.1) is 48.7 Å². The van der Waals surface area contributed by atoms with Crippen LogP contribution in [0.5, 0.6) is 0 Å². The Bertz CT molecular complexity index is 710. The Morgan fingerprint density at radius 3 is 1.78 bits per heavy atom. The number of hydrogen-bond donors (Lipinski definition) is 4. The minimum Gasteiger partial charge on any atom is -0.550 e. The molecule has 1 heterocycles. The van der Waals surface area contributed by atoms with Gasteiger partial charge in [-0.25, -0.2) is 0 Å². The highest BCUT2D eigenvalue weighted by Gasteiger charge is 2.38. The number of aliphatic carboxylic acids is 1. The first-order valence-electron chi connectivity index (χ1n) is 9.41. The van der Waals surface area contributed by atoms with Crippen molar-refractivity contribution in [3.63, 3.8) is 0 Å². The molecule has 5 N–H and O–H groups in total. The Kier molecular flexibility index (Phi) is 9.90. The Morgan fingerprint density at radius 1 is 0.969 bits per heavy atom. The number of halogens is 6. The van der Waals surface area contributed by atoms with Crippen molar-refractivity contribution < 1.29 is 56.3 Å². The van der Waals surface area contributed by atoms with Crippen LogP contribution in [0.3, 0.4) is 0 Å². The molecular formula is C19H24F6NO6-. The van der Waals surface area contributed by atoms with E-state index in [1.54, 1.807) is 0 Å². The van der Waals surface area contributed by atoms with Gasteiger partial charge in [0.25, 0.3) is 0 Å². The topological polar surface area (TPSA) is 136 Å². The zero-order chi connectivity index (χ0) is 24.7. The standard InChI is InChI=1S/C15H14F6O3.C4H11NO3/c16-14(17,18)9-5-8(6-10(7-9)15(19,20)21)12-3-1-11(24-12)2-4-13(22)23;5-4(1-6,2-7)3-8/h5-7,11-12H,1-4H2,(H,22,23);6-8H,1-3,5H2/p-1/t11-,12+;/m1./s1. The molecule has 0 radical (unpaired) electrons. The van der Waals surface area contributed by atoms with E-state index in [1.165, 1.54) is 0 Å². The van der Waals surface area contributed by atoms with Crippen molar-refractivity contribution in [3.05, 3.63) is 34.9 Å². The largest absolute Gasteiger partial charge is 0.550 e. The van der Waals surface area contributed by atoms with Crippen LogP contribution in [0.25, 0.3) is 0 Å². The summed E-state index contributed by atoms with van der Waals surface area (Å²) < 4.78 is 82.4. The summed E-state index contributed by atoms with van der Waals surface area (Å²) in [5, 5.41) is 35.4. The van der Waals surface area contributed by atoms with Gasteiger partial charge in [0.15, 0.2) is 0 Å². The smallest absolute Gasteiger partial charge is 0.416 e. The highest BCUT2D eigenvalue weighted by atomic mass is 19.4. The van der Waals surface area contributed by atoms with Crippen molar-refractivity contribution in [1.82, 2.24) is 0 Å². The molecule has 1 aromatic rings. The van der Waals surface area contributed by atoms with Crippen LogP contribution in [0.4, 0.5) is 26.3 Å². The summed E-state index contributed by atoms with van der Waals surface area (Å²) in [4.78, 5) is 10.4. The van der Waals surface area contributed by atoms with Crippen LogP contribution in [0, 0.1) is 0 Å². The van der Waals surface area contributed by atoms with Gasteiger partial charge in [-0.1, -0.05) is 0 Å². The summed E-state index contributed by atoms with van der Waals surface area (Å²) in [5.74, 6) is -1.29. The Hall–Kier alpha value is -1.93. The van der Waals surface area contributed by atoms with Gasteiger partial charge in [-0.3, -0.25) is 0 Å². The number of carboxylic acid groups (broad SMARTS) is 1. The number of carbonyl (C=O) groups is 1. The van der Waals surface area contributed by atoms with Crippen LogP contribution >= 0.6 is 0 Å². The van der Waals surface area contributed by atoms with E-state index in [0.717, 1.165) is 0 Å². The minimum atomic E-state index is -4.91. The lowest BCUT2D eigenvalue weighted by molar-refractivity contribution is -0.306. The number of alkyl halides is 6. The molecule has 2 atom stereocenters. The molecule has 1 aliphatic rings. The molecule has 1 saturated heterocycles. The average molecular weight is 476 g/mol. The van der Waals surface area contributed by atoms with Crippen molar-refractivity contribution in [2.45, 2.75) is 55.8 Å². The molecule has 0 saturated carbocycles. The van der Waals surface area contributed by atoms with E-state index in [4.69, 9.17) is 25.8 Å². The number of carboxylic acids is 1. The fourth-order valence-electron chi connectivity index (χ4n) is 2.76. The van der Waals surface area contributed by atoms with E-state index in [9.17, 15) is 36.2 Å². The molecule has 1 fully saturated rings. The lowest BCUT2D eigenvalue weighted by atomic mass is 9.99. The highest BCUT2D eigenvalue weighted by Crippen LogP contribution is 2.41. The summed E-state index contributed by atoms with van der Waals surface area (Å²) in [7, 11) is 0. The molecule has 0 aliphatic carbocycles. The first kappa shape index (κ1) is 28.1. The number of carbonyl (C=O) groups excluding carboxylic acids is 1. The van der Waals surface area contributed by atoms with Gasteiger partial charge in [-0.2, -0.15) is 26.3 Å². The second-order valence-electron chi connectivity index (χ2n) is 7.41. The summed E-state index contributed by atoms with van der Waals surface area (Å²) >= 11 is 0. The minimum absolute atomic E-state index is 0.0615. The zero-order valence-corrected chi connectivity index (χ0v) is 16.7. The fraction of sp³-hybridized carbons (Fsp3) is 0.632. The molecule has 1 aromatic carbocycles. The fourth-order valence-corrected chi connectivity index (χ4v) is 2.76.